The molecule has 0 aromatic carbocycles. The third kappa shape index (κ3) is 4.47. The number of hydrogen-bond donors (Lipinski definition) is 1. The van der Waals surface area contributed by atoms with Crippen molar-refractivity contribution in [2.24, 2.45) is 5.92 Å². The fraction of sp³-hybridized carbons (Fsp3) is 0.875. The molecule has 0 bridgehead atoms. The molecule has 0 aromatic rings. The third-order valence-corrected chi connectivity index (χ3v) is 7.12. The van der Waals surface area contributed by atoms with Crippen LogP contribution in [0.1, 0.15) is 57.8 Å². The number of rotatable bonds is 8. The normalized spacial score (nSPS) is 27.6. The molecule has 7 nitrogen and oxygen atoms in total. The van der Waals surface area contributed by atoms with Crippen molar-refractivity contribution >= 4 is 22.0 Å². The minimum atomic E-state index is -3.59. The maximum atomic E-state index is 12.7. The summed E-state index contributed by atoms with van der Waals surface area (Å²) in [7, 11) is -2.27. The molecule has 0 amide bonds. The van der Waals surface area contributed by atoms with Gasteiger partial charge in [-0.15, -0.1) is 0 Å². The second-order valence-electron chi connectivity index (χ2n) is 6.73. The monoisotopic (exact) mass is 361 g/mol. The smallest absolute Gasteiger partial charge is 0.322 e. The SMILES string of the molecule is COC(=O)CCCCCS(=O)(=O)N1C(C(=O)O)CC2CCCCC21. The molecule has 3 atom stereocenters. The van der Waals surface area contributed by atoms with Gasteiger partial charge < -0.3 is 9.84 Å². The van der Waals surface area contributed by atoms with E-state index in [1.54, 1.807) is 0 Å². The minimum Gasteiger partial charge on any atom is -0.480 e. The highest BCUT2D eigenvalue weighted by molar-refractivity contribution is 7.89. The first-order valence-corrected chi connectivity index (χ1v) is 10.3. The van der Waals surface area contributed by atoms with E-state index in [2.05, 4.69) is 4.74 Å². The van der Waals surface area contributed by atoms with Crippen molar-refractivity contribution in [3.63, 3.8) is 0 Å². The maximum absolute atomic E-state index is 12.7. The molecular weight excluding hydrogens is 334 g/mol. The molecule has 0 radical (unpaired) electrons. The molecule has 0 spiro atoms. The number of carbonyl (C=O) groups excluding carboxylic acids is 1. The van der Waals surface area contributed by atoms with Crippen LogP contribution in [0.3, 0.4) is 0 Å². The van der Waals surface area contributed by atoms with Crippen LogP contribution in [0.4, 0.5) is 0 Å². The quantitative estimate of drug-likeness (QED) is 0.522. The Morgan fingerprint density at radius 1 is 1.17 bits per heavy atom. The number of esters is 1. The number of sulfonamides is 1. The molecule has 138 valence electrons. The highest BCUT2D eigenvalue weighted by Gasteiger charge is 2.50. The highest BCUT2D eigenvalue weighted by Crippen LogP contribution is 2.41. The Bertz CT molecular complexity index is 561. The number of methoxy groups -OCH3 is 1. The van der Waals surface area contributed by atoms with Crippen LogP contribution in [0.2, 0.25) is 0 Å². The minimum absolute atomic E-state index is 0.0544. The first-order valence-electron chi connectivity index (χ1n) is 8.67. The van der Waals surface area contributed by atoms with Crippen LogP contribution in [-0.4, -0.2) is 54.7 Å². The molecule has 1 saturated carbocycles. The number of unbranched alkanes of at least 4 members (excludes halogenated alkanes) is 2. The van der Waals surface area contributed by atoms with Gasteiger partial charge in [-0.25, -0.2) is 8.42 Å². The van der Waals surface area contributed by atoms with E-state index < -0.39 is 22.0 Å². The summed E-state index contributed by atoms with van der Waals surface area (Å²) >= 11 is 0. The Balaban J connectivity index is 1.95. The molecule has 24 heavy (non-hydrogen) atoms. The van der Waals surface area contributed by atoms with Crippen LogP contribution < -0.4 is 0 Å². The molecule has 1 heterocycles. The Morgan fingerprint density at radius 2 is 1.88 bits per heavy atom. The van der Waals surface area contributed by atoms with Gasteiger partial charge in [0.2, 0.25) is 10.0 Å². The fourth-order valence-electron chi connectivity index (χ4n) is 3.97. The summed E-state index contributed by atoms with van der Waals surface area (Å²) in [5.74, 6) is -1.22. The van der Waals surface area contributed by atoms with Crippen LogP contribution in [0.25, 0.3) is 0 Å². The molecular formula is C16H27NO6S. The highest BCUT2D eigenvalue weighted by atomic mass is 32.2. The molecule has 1 saturated heterocycles. The molecule has 8 heteroatoms. The van der Waals surface area contributed by atoms with Crippen LogP contribution in [-0.2, 0) is 24.3 Å². The third-order valence-electron chi connectivity index (χ3n) is 5.15. The Morgan fingerprint density at radius 3 is 2.54 bits per heavy atom. The fourth-order valence-corrected chi connectivity index (χ4v) is 6.00. The number of hydrogen-bond acceptors (Lipinski definition) is 5. The lowest BCUT2D eigenvalue weighted by Gasteiger charge is -2.32. The van der Waals surface area contributed by atoms with E-state index in [9.17, 15) is 23.1 Å². The van der Waals surface area contributed by atoms with E-state index >= 15 is 0 Å². The van der Waals surface area contributed by atoms with Gasteiger partial charge in [-0.3, -0.25) is 9.59 Å². The summed E-state index contributed by atoms with van der Waals surface area (Å²) in [6, 6.07) is -1.07. The van der Waals surface area contributed by atoms with Gasteiger partial charge in [-0.1, -0.05) is 19.3 Å². The lowest BCUT2D eigenvalue weighted by Crippen LogP contribution is -2.47. The summed E-state index contributed by atoms with van der Waals surface area (Å²) in [6.07, 6.45) is 6.01. The zero-order valence-corrected chi connectivity index (χ0v) is 15.0. The van der Waals surface area contributed by atoms with Crippen LogP contribution in [0, 0.1) is 5.92 Å². The van der Waals surface area contributed by atoms with E-state index in [0.717, 1.165) is 25.7 Å². The predicted octanol–water partition coefficient (Wildman–Crippen LogP) is 1.77. The van der Waals surface area contributed by atoms with Crippen molar-refractivity contribution in [3.05, 3.63) is 0 Å². The molecule has 2 fully saturated rings. The zero-order valence-electron chi connectivity index (χ0n) is 14.1. The lowest BCUT2D eigenvalue weighted by atomic mass is 9.85. The number of aliphatic carboxylic acids is 1. The summed E-state index contributed by atoms with van der Waals surface area (Å²) < 4.78 is 31.3. The summed E-state index contributed by atoms with van der Waals surface area (Å²) in [4.78, 5) is 22.6. The average Bonchev–Trinajstić information content (AvgIpc) is 2.94. The van der Waals surface area contributed by atoms with Gasteiger partial charge in [-0.05, 0) is 38.0 Å². The first-order chi connectivity index (χ1) is 11.4. The summed E-state index contributed by atoms with van der Waals surface area (Å²) in [5, 5.41) is 9.43. The van der Waals surface area contributed by atoms with Gasteiger partial charge >= 0.3 is 11.9 Å². The van der Waals surface area contributed by atoms with E-state index in [-0.39, 0.29) is 30.1 Å². The van der Waals surface area contributed by atoms with E-state index in [0.29, 0.717) is 25.7 Å². The Labute approximate surface area is 143 Å². The van der Waals surface area contributed by atoms with E-state index in [1.165, 1.54) is 11.4 Å². The van der Waals surface area contributed by atoms with Crippen molar-refractivity contribution in [2.45, 2.75) is 69.9 Å². The van der Waals surface area contributed by atoms with Gasteiger partial charge in [0.05, 0.1) is 12.9 Å². The van der Waals surface area contributed by atoms with Crippen molar-refractivity contribution in [1.29, 1.82) is 0 Å². The number of carbonyl (C=O) groups is 2. The molecule has 2 aliphatic rings. The van der Waals surface area contributed by atoms with Gasteiger partial charge in [0.25, 0.3) is 0 Å². The maximum Gasteiger partial charge on any atom is 0.322 e. The molecule has 0 aromatic heterocycles. The molecule has 1 aliphatic carbocycles. The molecule has 3 unspecified atom stereocenters. The zero-order chi connectivity index (χ0) is 17.7. The second kappa shape index (κ2) is 8.29. The topological polar surface area (TPSA) is 101 Å². The van der Waals surface area contributed by atoms with Crippen molar-refractivity contribution < 1.29 is 27.9 Å². The predicted molar refractivity (Wildman–Crippen MR) is 87.9 cm³/mol. The summed E-state index contributed by atoms with van der Waals surface area (Å²) in [6.45, 7) is 0. The van der Waals surface area contributed by atoms with Crippen molar-refractivity contribution in [1.82, 2.24) is 4.31 Å². The molecule has 1 N–H and O–H groups in total. The number of fused-ring (bicyclic) bond motifs is 1. The number of nitrogens with zero attached hydrogens (tertiary/aromatic N) is 1. The molecule has 2 rings (SSSR count). The van der Waals surface area contributed by atoms with Gasteiger partial charge in [0, 0.05) is 12.5 Å². The number of ether oxygens (including phenoxy) is 1. The van der Waals surface area contributed by atoms with E-state index in [4.69, 9.17) is 0 Å². The van der Waals surface area contributed by atoms with E-state index in [1.807, 2.05) is 0 Å². The van der Waals surface area contributed by atoms with Crippen LogP contribution in [0.15, 0.2) is 0 Å². The first kappa shape index (κ1) is 19.2. The lowest BCUT2D eigenvalue weighted by molar-refractivity contribution is -0.141. The van der Waals surface area contributed by atoms with Crippen molar-refractivity contribution in [3.8, 4) is 0 Å². The summed E-state index contributed by atoms with van der Waals surface area (Å²) in [5.41, 5.74) is 0. The second-order valence-corrected chi connectivity index (χ2v) is 8.73. The largest absolute Gasteiger partial charge is 0.480 e. The van der Waals surface area contributed by atoms with Gasteiger partial charge in [0.1, 0.15) is 6.04 Å². The number of carboxylic acid groups (broad SMARTS) is 1. The Hall–Kier alpha value is -1.15. The van der Waals surface area contributed by atoms with Crippen molar-refractivity contribution in [2.75, 3.05) is 12.9 Å². The van der Waals surface area contributed by atoms with Gasteiger partial charge in [0.15, 0.2) is 0 Å². The Kier molecular flexibility index (Phi) is 6.62. The van der Waals surface area contributed by atoms with Crippen LogP contribution >= 0.6 is 0 Å². The average molecular weight is 361 g/mol. The van der Waals surface area contributed by atoms with Crippen LogP contribution in [0.5, 0.6) is 0 Å². The standard InChI is InChI=1S/C16H27NO6S/c1-23-15(18)9-3-2-6-10-24(21,22)17-13-8-5-4-7-12(13)11-14(17)16(19)20/h12-14H,2-11H2,1H3,(H,19,20). The van der Waals surface area contributed by atoms with Gasteiger partial charge in [-0.2, -0.15) is 4.31 Å². The molecule has 1 aliphatic heterocycles. The number of carboxylic acids is 1.